The topological polar surface area (TPSA) is 63.8 Å². The van der Waals surface area contributed by atoms with E-state index in [-0.39, 0.29) is 0 Å². The highest BCUT2D eigenvalue weighted by atomic mass is 15.3. The summed E-state index contributed by atoms with van der Waals surface area (Å²) in [4.78, 5) is 9.26. The van der Waals surface area contributed by atoms with E-state index in [1.54, 1.807) is 0 Å². The fourth-order valence-corrected chi connectivity index (χ4v) is 2.70. The average molecular weight is 268 g/mol. The maximum atomic E-state index is 5.59. The summed E-state index contributed by atoms with van der Waals surface area (Å²) in [6, 6.07) is 8.47. The van der Waals surface area contributed by atoms with E-state index in [1.165, 1.54) is 11.1 Å². The minimum absolute atomic E-state index is 0.534. The predicted molar refractivity (Wildman–Crippen MR) is 81.4 cm³/mol. The van der Waals surface area contributed by atoms with Crippen molar-refractivity contribution in [2.75, 3.05) is 5.43 Å². The fraction of sp³-hybridized carbons (Fsp3) is 0.375. The molecule has 0 bridgehead atoms. The first kappa shape index (κ1) is 13.1. The Morgan fingerprint density at radius 2 is 1.85 bits per heavy atom. The van der Waals surface area contributed by atoms with Gasteiger partial charge in [-0.3, -0.25) is 0 Å². The van der Waals surface area contributed by atoms with Gasteiger partial charge in [0, 0.05) is 16.8 Å². The van der Waals surface area contributed by atoms with Crippen LogP contribution >= 0.6 is 0 Å². The van der Waals surface area contributed by atoms with Crippen LogP contribution in [0.25, 0.3) is 11.4 Å². The Kier molecular flexibility index (Phi) is 3.40. The molecule has 1 aliphatic rings. The van der Waals surface area contributed by atoms with Crippen LogP contribution in [0.5, 0.6) is 0 Å². The summed E-state index contributed by atoms with van der Waals surface area (Å²) in [6.07, 6.45) is 3.17. The lowest BCUT2D eigenvalue weighted by atomic mass is 10.0. The van der Waals surface area contributed by atoms with Gasteiger partial charge in [-0.05, 0) is 30.7 Å². The first-order valence-corrected chi connectivity index (χ1v) is 7.15. The summed E-state index contributed by atoms with van der Waals surface area (Å²) in [7, 11) is 0. The van der Waals surface area contributed by atoms with Gasteiger partial charge in [-0.25, -0.2) is 15.8 Å². The first-order chi connectivity index (χ1) is 9.69. The summed E-state index contributed by atoms with van der Waals surface area (Å²) in [6.45, 7) is 4.38. The second-order valence-electron chi connectivity index (χ2n) is 5.60. The lowest BCUT2D eigenvalue weighted by molar-refractivity contribution is 0.866. The lowest BCUT2D eigenvalue weighted by Crippen LogP contribution is -2.12. The molecule has 0 saturated carbocycles. The number of nitrogens with one attached hydrogen (secondary N) is 1. The maximum Gasteiger partial charge on any atom is 0.161 e. The van der Waals surface area contributed by atoms with Gasteiger partial charge in [-0.2, -0.15) is 0 Å². The van der Waals surface area contributed by atoms with Crippen molar-refractivity contribution in [1.29, 1.82) is 0 Å². The summed E-state index contributed by atoms with van der Waals surface area (Å²) in [5.74, 6) is 7.66. The number of aromatic nitrogens is 2. The molecule has 1 heterocycles. The van der Waals surface area contributed by atoms with E-state index in [0.717, 1.165) is 42.2 Å². The molecule has 0 aliphatic heterocycles. The third-order valence-corrected chi connectivity index (χ3v) is 3.91. The minimum atomic E-state index is 0.534. The van der Waals surface area contributed by atoms with E-state index < -0.39 is 0 Å². The van der Waals surface area contributed by atoms with Crippen LogP contribution in [0.1, 0.15) is 43.0 Å². The Morgan fingerprint density at radius 1 is 1.10 bits per heavy atom. The molecule has 0 amide bonds. The minimum Gasteiger partial charge on any atom is -0.308 e. The SMILES string of the molecule is CC(C)c1ccc(-c2nc3c(c(NN)n2)CCC3)cc1. The van der Waals surface area contributed by atoms with E-state index in [0.29, 0.717) is 5.92 Å². The zero-order valence-corrected chi connectivity index (χ0v) is 12.0. The van der Waals surface area contributed by atoms with Gasteiger partial charge in [0.15, 0.2) is 5.82 Å². The third-order valence-electron chi connectivity index (χ3n) is 3.91. The van der Waals surface area contributed by atoms with Gasteiger partial charge >= 0.3 is 0 Å². The Balaban J connectivity index is 2.02. The third kappa shape index (κ3) is 2.27. The molecule has 1 aromatic carbocycles. The number of hydrogen-bond donors (Lipinski definition) is 2. The number of aryl methyl sites for hydroxylation is 1. The van der Waals surface area contributed by atoms with Crippen molar-refractivity contribution in [3.8, 4) is 11.4 Å². The number of nitrogen functional groups attached to an aromatic ring is 1. The van der Waals surface area contributed by atoms with Gasteiger partial charge in [0.1, 0.15) is 5.82 Å². The lowest BCUT2D eigenvalue weighted by Gasteiger charge is -2.10. The number of rotatable bonds is 3. The molecular formula is C16H20N4. The number of hydrazine groups is 1. The summed E-state index contributed by atoms with van der Waals surface area (Å²) < 4.78 is 0. The molecule has 0 radical (unpaired) electrons. The van der Waals surface area contributed by atoms with Crippen molar-refractivity contribution in [2.45, 2.75) is 39.0 Å². The molecule has 3 rings (SSSR count). The number of hydrogen-bond acceptors (Lipinski definition) is 4. The molecule has 104 valence electrons. The van der Waals surface area contributed by atoms with Crippen LogP contribution in [0.15, 0.2) is 24.3 Å². The van der Waals surface area contributed by atoms with Gasteiger partial charge in [0.2, 0.25) is 0 Å². The molecule has 0 unspecified atom stereocenters. The van der Waals surface area contributed by atoms with E-state index >= 15 is 0 Å². The monoisotopic (exact) mass is 268 g/mol. The maximum absolute atomic E-state index is 5.59. The molecule has 0 fully saturated rings. The molecule has 1 aliphatic carbocycles. The molecule has 0 saturated heterocycles. The summed E-state index contributed by atoms with van der Waals surface area (Å²) >= 11 is 0. The first-order valence-electron chi connectivity index (χ1n) is 7.15. The number of nitrogens with two attached hydrogens (primary N) is 1. The molecule has 1 aromatic heterocycles. The van der Waals surface area contributed by atoms with Crippen LogP contribution in [0.4, 0.5) is 5.82 Å². The van der Waals surface area contributed by atoms with Crippen molar-refractivity contribution >= 4 is 5.82 Å². The highest BCUT2D eigenvalue weighted by Gasteiger charge is 2.19. The van der Waals surface area contributed by atoms with Crippen molar-refractivity contribution < 1.29 is 0 Å². The van der Waals surface area contributed by atoms with E-state index in [9.17, 15) is 0 Å². The smallest absolute Gasteiger partial charge is 0.161 e. The average Bonchev–Trinajstić information content (AvgIpc) is 2.94. The predicted octanol–water partition coefficient (Wildman–Crippen LogP) is 3.04. The summed E-state index contributed by atoms with van der Waals surface area (Å²) in [5, 5.41) is 0. The Morgan fingerprint density at radius 3 is 2.50 bits per heavy atom. The van der Waals surface area contributed by atoms with Gasteiger partial charge in [-0.15, -0.1) is 0 Å². The zero-order chi connectivity index (χ0) is 14.1. The zero-order valence-electron chi connectivity index (χ0n) is 12.0. The Bertz CT molecular complexity index is 617. The Labute approximate surface area is 119 Å². The van der Waals surface area contributed by atoms with Crippen LogP contribution in [-0.4, -0.2) is 9.97 Å². The standard InChI is InChI=1S/C16H20N4/c1-10(2)11-6-8-12(9-7-11)15-18-14-5-3-4-13(14)16(19-15)20-17/h6-10H,3-5,17H2,1-2H3,(H,18,19,20). The normalized spacial score (nSPS) is 13.6. The van der Waals surface area contributed by atoms with E-state index in [1.807, 2.05) is 0 Å². The molecular weight excluding hydrogens is 248 g/mol. The van der Waals surface area contributed by atoms with Crippen LogP contribution in [-0.2, 0) is 12.8 Å². The molecule has 0 spiro atoms. The highest BCUT2D eigenvalue weighted by Crippen LogP contribution is 2.29. The van der Waals surface area contributed by atoms with Crippen molar-refractivity contribution in [2.24, 2.45) is 5.84 Å². The van der Waals surface area contributed by atoms with E-state index in [4.69, 9.17) is 10.8 Å². The van der Waals surface area contributed by atoms with Crippen molar-refractivity contribution in [3.63, 3.8) is 0 Å². The molecule has 2 aromatic rings. The van der Waals surface area contributed by atoms with Crippen LogP contribution in [0, 0.1) is 0 Å². The second-order valence-corrected chi connectivity index (χ2v) is 5.60. The van der Waals surface area contributed by atoms with Crippen molar-refractivity contribution in [1.82, 2.24) is 9.97 Å². The number of benzene rings is 1. The van der Waals surface area contributed by atoms with E-state index in [2.05, 4.69) is 48.5 Å². The molecule has 4 heteroatoms. The fourth-order valence-electron chi connectivity index (χ4n) is 2.70. The number of anilines is 1. The number of nitrogens with zero attached hydrogens (tertiary/aromatic N) is 2. The van der Waals surface area contributed by atoms with Crippen LogP contribution in [0.2, 0.25) is 0 Å². The highest BCUT2D eigenvalue weighted by molar-refractivity contribution is 5.60. The quantitative estimate of drug-likeness (QED) is 0.663. The summed E-state index contributed by atoms with van der Waals surface area (Å²) in [5.41, 5.74) is 7.40. The molecule has 20 heavy (non-hydrogen) atoms. The van der Waals surface area contributed by atoms with Crippen LogP contribution < -0.4 is 11.3 Å². The molecule has 4 nitrogen and oxygen atoms in total. The second kappa shape index (κ2) is 5.21. The van der Waals surface area contributed by atoms with Gasteiger partial charge < -0.3 is 5.43 Å². The van der Waals surface area contributed by atoms with Gasteiger partial charge in [0.05, 0.1) is 0 Å². The molecule has 0 atom stereocenters. The Hall–Kier alpha value is -1.94. The van der Waals surface area contributed by atoms with Crippen LogP contribution in [0.3, 0.4) is 0 Å². The number of fused-ring (bicyclic) bond motifs is 1. The molecule has 3 N–H and O–H groups in total. The van der Waals surface area contributed by atoms with Gasteiger partial charge in [-0.1, -0.05) is 38.1 Å². The van der Waals surface area contributed by atoms with Crippen molar-refractivity contribution in [3.05, 3.63) is 41.1 Å². The largest absolute Gasteiger partial charge is 0.308 e. The van der Waals surface area contributed by atoms with Gasteiger partial charge in [0.25, 0.3) is 0 Å².